The van der Waals surface area contributed by atoms with Gasteiger partial charge in [-0.25, -0.2) is 0 Å². The van der Waals surface area contributed by atoms with Crippen LogP contribution in [0.1, 0.15) is 31.4 Å². The van der Waals surface area contributed by atoms with Gasteiger partial charge in [0, 0.05) is 5.69 Å². The van der Waals surface area contributed by atoms with Crippen molar-refractivity contribution in [3.05, 3.63) is 41.5 Å². The molecule has 3 heteroatoms. The Bertz CT molecular complexity index is 683. The zero-order valence-corrected chi connectivity index (χ0v) is 11.9. The van der Waals surface area contributed by atoms with Crippen LogP contribution in [0.3, 0.4) is 0 Å². The standard InChI is InChI=1S/C17H18N2O/c1-3-12-6-5-7-15-13(4-2)16(9-8-14(12)15)19-17(20)10-11-18/h5-9H,3-4,10H2,1-2H3,(H,19,20). The molecule has 0 atom stereocenters. The molecule has 0 aromatic heterocycles. The van der Waals surface area contributed by atoms with Gasteiger partial charge >= 0.3 is 0 Å². The van der Waals surface area contributed by atoms with Gasteiger partial charge in [0.2, 0.25) is 5.91 Å². The molecule has 20 heavy (non-hydrogen) atoms. The second kappa shape index (κ2) is 6.21. The van der Waals surface area contributed by atoms with Crippen molar-refractivity contribution < 1.29 is 4.79 Å². The minimum absolute atomic E-state index is 0.115. The summed E-state index contributed by atoms with van der Waals surface area (Å²) in [5, 5.41) is 13.8. The number of hydrogen-bond donors (Lipinski definition) is 1. The maximum Gasteiger partial charge on any atom is 0.238 e. The largest absolute Gasteiger partial charge is 0.325 e. The summed E-state index contributed by atoms with van der Waals surface area (Å²) in [6.45, 7) is 4.22. The number of anilines is 1. The van der Waals surface area contributed by atoms with Crippen LogP contribution in [-0.4, -0.2) is 5.91 Å². The molecular weight excluding hydrogens is 248 g/mol. The monoisotopic (exact) mass is 266 g/mol. The third-order valence-electron chi connectivity index (χ3n) is 3.51. The van der Waals surface area contributed by atoms with E-state index in [0.29, 0.717) is 0 Å². The first-order valence-corrected chi connectivity index (χ1v) is 6.91. The molecule has 0 heterocycles. The van der Waals surface area contributed by atoms with Gasteiger partial charge in [0.15, 0.2) is 0 Å². The number of fused-ring (bicyclic) bond motifs is 1. The van der Waals surface area contributed by atoms with E-state index in [2.05, 4.69) is 43.4 Å². The first kappa shape index (κ1) is 14.1. The van der Waals surface area contributed by atoms with Crippen LogP contribution in [0.15, 0.2) is 30.3 Å². The number of benzene rings is 2. The second-order valence-corrected chi connectivity index (χ2v) is 4.69. The minimum atomic E-state index is -0.256. The molecule has 3 nitrogen and oxygen atoms in total. The lowest BCUT2D eigenvalue weighted by Gasteiger charge is -2.14. The lowest BCUT2D eigenvalue weighted by molar-refractivity contribution is -0.115. The Morgan fingerprint density at radius 3 is 2.60 bits per heavy atom. The predicted octanol–water partition coefficient (Wildman–Crippen LogP) is 3.82. The summed E-state index contributed by atoms with van der Waals surface area (Å²) in [7, 11) is 0. The average molecular weight is 266 g/mol. The van der Waals surface area contributed by atoms with Crippen LogP contribution in [0.4, 0.5) is 5.69 Å². The maximum atomic E-state index is 11.6. The fraction of sp³-hybridized carbons (Fsp3) is 0.294. The van der Waals surface area contributed by atoms with Crippen LogP contribution >= 0.6 is 0 Å². The molecule has 0 aliphatic carbocycles. The molecule has 2 aromatic rings. The molecule has 2 aromatic carbocycles. The van der Waals surface area contributed by atoms with Crippen molar-refractivity contribution in [3.63, 3.8) is 0 Å². The summed E-state index contributed by atoms with van der Waals surface area (Å²) in [5.41, 5.74) is 3.25. The lowest BCUT2D eigenvalue weighted by Crippen LogP contribution is -2.12. The van der Waals surface area contributed by atoms with Crippen LogP contribution in [0.5, 0.6) is 0 Å². The minimum Gasteiger partial charge on any atom is -0.325 e. The van der Waals surface area contributed by atoms with Gasteiger partial charge in [-0.05, 0) is 40.8 Å². The summed E-state index contributed by atoms with van der Waals surface area (Å²) in [6, 6.07) is 12.1. The number of nitrogens with one attached hydrogen (secondary N) is 1. The maximum absolute atomic E-state index is 11.6. The average Bonchev–Trinajstić information content (AvgIpc) is 2.46. The molecule has 0 bridgehead atoms. The normalized spacial score (nSPS) is 10.2. The third kappa shape index (κ3) is 2.65. The number of carbonyl (C=O) groups is 1. The number of hydrogen-bond acceptors (Lipinski definition) is 2. The van der Waals surface area contributed by atoms with Gasteiger partial charge < -0.3 is 5.32 Å². The van der Waals surface area contributed by atoms with Crippen molar-refractivity contribution in [2.24, 2.45) is 0 Å². The molecule has 0 aliphatic rings. The number of carbonyl (C=O) groups excluding carboxylic acids is 1. The van der Waals surface area contributed by atoms with E-state index in [0.717, 1.165) is 24.1 Å². The van der Waals surface area contributed by atoms with Crippen LogP contribution < -0.4 is 5.32 Å². The Kier molecular flexibility index (Phi) is 4.37. The van der Waals surface area contributed by atoms with Gasteiger partial charge in [0.25, 0.3) is 0 Å². The topological polar surface area (TPSA) is 52.9 Å². The molecule has 0 fully saturated rings. The molecule has 0 aliphatic heterocycles. The first-order chi connectivity index (χ1) is 9.71. The van der Waals surface area contributed by atoms with Crippen molar-refractivity contribution in [3.8, 4) is 6.07 Å². The van der Waals surface area contributed by atoms with Crippen LogP contribution in [-0.2, 0) is 17.6 Å². The van der Waals surface area contributed by atoms with Gasteiger partial charge in [-0.3, -0.25) is 4.79 Å². The second-order valence-electron chi connectivity index (χ2n) is 4.69. The van der Waals surface area contributed by atoms with E-state index in [1.54, 1.807) is 0 Å². The number of nitriles is 1. The molecule has 2 rings (SSSR count). The van der Waals surface area contributed by atoms with Crippen LogP contribution in [0, 0.1) is 11.3 Å². The molecule has 102 valence electrons. The molecule has 0 saturated heterocycles. The zero-order valence-electron chi connectivity index (χ0n) is 11.9. The predicted molar refractivity (Wildman–Crippen MR) is 81.6 cm³/mol. The highest BCUT2D eigenvalue weighted by molar-refractivity contribution is 5.98. The fourth-order valence-electron chi connectivity index (χ4n) is 2.56. The van der Waals surface area contributed by atoms with Gasteiger partial charge in [-0.2, -0.15) is 5.26 Å². The Balaban J connectivity index is 2.53. The Morgan fingerprint density at radius 1 is 1.15 bits per heavy atom. The van der Waals surface area contributed by atoms with E-state index in [-0.39, 0.29) is 12.3 Å². The van der Waals surface area contributed by atoms with Crippen molar-refractivity contribution >= 4 is 22.4 Å². The number of rotatable bonds is 4. The van der Waals surface area contributed by atoms with Crippen molar-refractivity contribution in [2.45, 2.75) is 33.1 Å². The van der Waals surface area contributed by atoms with Crippen LogP contribution in [0.25, 0.3) is 10.8 Å². The number of aryl methyl sites for hydroxylation is 2. The Morgan fingerprint density at radius 2 is 1.95 bits per heavy atom. The summed E-state index contributed by atoms with van der Waals surface area (Å²) in [6.07, 6.45) is 1.71. The summed E-state index contributed by atoms with van der Waals surface area (Å²) in [4.78, 5) is 11.6. The van der Waals surface area contributed by atoms with Crippen LogP contribution in [0.2, 0.25) is 0 Å². The summed E-state index contributed by atoms with van der Waals surface area (Å²) < 4.78 is 0. The van der Waals surface area contributed by atoms with E-state index in [9.17, 15) is 4.79 Å². The SMILES string of the molecule is CCc1cccc2c(CC)c(NC(=O)CC#N)ccc12. The van der Waals surface area contributed by atoms with E-state index in [4.69, 9.17) is 5.26 Å². The van der Waals surface area contributed by atoms with Gasteiger partial charge in [0.05, 0.1) is 6.07 Å². The van der Waals surface area contributed by atoms with E-state index < -0.39 is 0 Å². The van der Waals surface area contributed by atoms with E-state index in [1.807, 2.05) is 12.1 Å². The molecular formula is C17H18N2O. The van der Waals surface area contributed by atoms with Gasteiger partial charge in [-0.15, -0.1) is 0 Å². The van der Waals surface area contributed by atoms with Crippen molar-refractivity contribution in [1.29, 1.82) is 5.26 Å². The molecule has 1 amide bonds. The lowest BCUT2D eigenvalue weighted by atomic mass is 9.96. The Labute approximate surface area is 119 Å². The molecule has 0 radical (unpaired) electrons. The van der Waals surface area contributed by atoms with E-state index >= 15 is 0 Å². The highest BCUT2D eigenvalue weighted by Crippen LogP contribution is 2.29. The molecule has 0 spiro atoms. The summed E-state index contributed by atoms with van der Waals surface area (Å²) >= 11 is 0. The number of nitrogens with zero attached hydrogens (tertiary/aromatic N) is 1. The first-order valence-electron chi connectivity index (χ1n) is 6.91. The molecule has 0 saturated carbocycles. The van der Waals surface area contributed by atoms with Crippen molar-refractivity contribution in [2.75, 3.05) is 5.32 Å². The molecule has 0 unspecified atom stereocenters. The third-order valence-corrected chi connectivity index (χ3v) is 3.51. The van der Waals surface area contributed by atoms with Gasteiger partial charge in [-0.1, -0.05) is 38.1 Å². The fourth-order valence-corrected chi connectivity index (χ4v) is 2.56. The number of amides is 1. The highest BCUT2D eigenvalue weighted by atomic mass is 16.1. The summed E-state index contributed by atoms with van der Waals surface area (Å²) in [5.74, 6) is -0.256. The quantitative estimate of drug-likeness (QED) is 0.914. The van der Waals surface area contributed by atoms with Gasteiger partial charge in [0.1, 0.15) is 6.42 Å². The van der Waals surface area contributed by atoms with E-state index in [1.165, 1.54) is 16.3 Å². The van der Waals surface area contributed by atoms with Crippen molar-refractivity contribution in [1.82, 2.24) is 0 Å². The molecule has 1 N–H and O–H groups in total. The zero-order chi connectivity index (χ0) is 14.5. The highest BCUT2D eigenvalue weighted by Gasteiger charge is 2.10. The Hall–Kier alpha value is -2.34. The smallest absolute Gasteiger partial charge is 0.238 e.